The summed E-state index contributed by atoms with van der Waals surface area (Å²) in [5, 5.41) is 5.43. The Morgan fingerprint density at radius 3 is 2.89 bits per heavy atom. The second kappa shape index (κ2) is 6.84. The Bertz CT molecular complexity index is 538. The van der Waals surface area contributed by atoms with Gasteiger partial charge in [0.2, 0.25) is 5.91 Å². The number of halogens is 1. The predicted molar refractivity (Wildman–Crippen MR) is 82.8 cm³/mol. The molecule has 3 nitrogen and oxygen atoms in total. The zero-order valence-corrected chi connectivity index (χ0v) is 12.4. The standard InChI is InChI=1S/C13H13ClN2OS2/c14-10-4-1-5-11(15)13(10)19-8-12(17)16-7-9-3-2-6-18-9/h1-6H,7-8,15H2,(H,16,17). The Kier molecular flexibility index (Phi) is 5.13. The predicted octanol–water partition coefficient (Wildman–Crippen LogP) is 3.39. The van der Waals surface area contributed by atoms with E-state index in [1.807, 2.05) is 17.5 Å². The Hall–Kier alpha value is -1.17. The number of carbonyl (C=O) groups excluding carboxylic acids is 1. The highest BCUT2D eigenvalue weighted by molar-refractivity contribution is 8.00. The van der Waals surface area contributed by atoms with Gasteiger partial charge in [-0.15, -0.1) is 23.1 Å². The number of benzene rings is 1. The van der Waals surface area contributed by atoms with Crippen LogP contribution in [0.4, 0.5) is 5.69 Å². The van der Waals surface area contributed by atoms with Gasteiger partial charge in [-0.2, -0.15) is 0 Å². The fraction of sp³-hybridized carbons (Fsp3) is 0.154. The van der Waals surface area contributed by atoms with Crippen molar-refractivity contribution >= 4 is 46.3 Å². The molecule has 6 heteroatoms. The molecule has 2 rings (SSSR count). The summed E-state index contributed by atoms with van der Waals surface area (Å²) in [4.78, 5) is 13.6. The number of anilines is 1. The lowest BCUT2D eigenvalue weighted by Gasteiger charge is -2.07. The molecule has 0 aliphatic carbocycles. The molecule has 0 unspecified atom stereocenters. The molecule has 0 saturated carbocycles. The number of nitrogen functional groups attached to an aromatic ring is 1. The van der Waals surface area contributed by atoms with Crippen LogP contribution in [0.1, 0.15) is 4.88 Å². The summed E-state index contributed by atoms with van der Waals surface area (Å²) in [6, 6.07) is 9.29. The van der Waals surface area contributed by atoms with Crippen LogP contribution in [0, 0.1) is 0 Å². The number of carbonyl (C=O) groups is 1. The first kappa shape index (κ1) is 14.2. The number of hydrogen-bond donors (Lipinski definition) is 2. The second-order valence-corrected chi connectivity index (χ2v) is 6.23. The molecular formula is C13H13ClN2OS2. The lowest BCUT2D eigenvalue weighted by Crippen LogP contribution is -2.24. The first-order valence-electron chi connectivity index (χ1n) is 5.62. The van der Waals surface area contributed by atoms with Crippen molar-refractivity contribution in [2.45, 2.75) is 11.4 Å². The molecule has 0 radical (unpaired) electrons. The van der Waals surface area contributed by atoms with Crippen LogP contribution in [0.2, 0.25) is 5.02 Å². The quantitative estimate of drug-likeness (QED) is 0.657. The molecule has 2 aromatic rings. The van der Waals surface area contributed by atoms with Crippen LogP contribution < -0.4 is 11.1 Å². The summed E-state index contributed by atoms with van der Waals surface area (Å²) in [6.07, 6.45) is 0. The van der Waals surface area contributed by atoms with E-state index in [2.05, 4.69) is 5.32 Å². The maximum absolute atomic E-state index is 11.7. The van der Waals surface area contributed by atoms with Gasteiger partial charge < -0.3 is 11.1 Å². The lowest BCUT2D eigenvalue weighted by molar-refractivity contribution is -0.118. The minimum absolute atomic E-state index is 0.0299. The number of thiophene rings is 1. The van der Waals surface area contributed by atoms with E-state index in [-0.39, 0.29) is 5.91 Å². The van der Waals surface area contributed by atoms with E-state index in [1.54, 1.807) is 29.5 Å². The minimum atomic E-state index is -0.0299. The number of rotatable bonds is 5. The van der Waals surface area contributed by atoms with Gasteiger partial charge >= 0.3 is 0 Å². The van der Waals surface area contributed by atoms with E-state index in [0.717, 1.165) is 9.77 Å². The highest BCUT2D eigenvalue weighted by Crippen LogP contribution is 2.32. The fourth-order valence-corrected chi connectivity index (χ4v) is 3.27. The van der Waals surface area contributed by atoms with Gasteiger partial charge in [-0.05, 0) is 23.6 Å². The van der Waals surface area contributed by atoms with Crippen LogP contribution in [0.25, 0.3) is 0 Å². The van der Waals surface area contributed by atoms with Crippen molar-refractivity contribution in [2.75, 3.05) is 11.5 Å². The van der Waals surface area contributed by atoms with E-state index >= 15 is 0 Å². The van der Waals surface area contributed by atoms with Crippen molar-refractivity contribution in [2.24, 2.45) is 0 Å². The van der Waals surface area contributed by atoms with Crippen LogP contribution in [0.3, 0.4) is 0 Å². The van der Waals surface area contributed by atoms with E-state index in [4.69, 9.17) is 17.3 Å². The van der Waals surface area contributed by atoms with Crippen LogP contribution >= 0.6 is 34.7 Å². The molecule has 0 fully saturated rings. The molecule has 0 aliphatic rings. The average molecular weight is 313 g/mol. The van der Waals surface area contributed by atoms with Gasteiger partial charge in [0.05, 0.1) is 17.3 Å². The Morgan fingerprint density at radius 2 is 2.21 bits per heavy atom. The molecule has 0 aliphatic heterocycles. The number of nitrogens with one attached hydrogen (secondary N) is 1. The molecule has 0 atom stereocenters. The third-order valence-electron chi connectivity index (χ3n) is 2.38. The number of nitrogens with two attached hydrogens (primary N) is 1. The molecule has 100 valence electrons. The topological polar surface area (TPSA) is 55.1 Å². The molecule has 19 heavy (non-hydrogen) atoms. The maximum atomic E-state index is 11.7. The second-order valence-electron chi connectivity index (χ2n) is 3.80. The van der Waals surface area contributed by atoms with E-state index in [0.29, 0.717) is 23.0 Å². The summed E-state index contributed by atoms with van der Waals surface area (Å²) in [5.41, 5.74) is 6.42. The molecule has 1 aromatic heterocycles. The van der Waals surface area contributed by atoms with Crippen LogP contribution in [-0.2, 0) is 11.3 Å². The van der Waals surface area contributed by atoms with E-state index < -0.39 is 0 Å². The normalized spacial score (nSPS) is 10.4. The zero-order chi connectivity index (χ0) is 13.7. The summed E-state index contributed by atoms with van der Waals surface area (Å²) in [7, 11) is 0. The molecule has 0 bridgehead atoms. The summed E-state index contributed by atoms with van der Waals surface area (Å²) in [5.74, 6) is 0.275. The Morgan fingerprint density at radius 1 is 1.37 bits per heavy atom. The van der Waals surface area contributed by atoms with Gasteiger partial charge in [0.1, 0.15) is 0 Å². The Labute approximate surface area is 125 Å². The van der Waals surface area contributed by atoms with Crippen molar-refractivity contribution < 1.29 is 4.79 Å². The molecule has 0 spiro atoms. The molecule has 1 amide bonds. The number of hydrogen-bond acceptors (Lipinski definition) is 4. The lowest BCUT2D eigenvalue weighted by atomic mass is 10.3. The molecule has 0 saturated heterocycles. The molecular weight excluding hydrogens is 300 g/mol. The van der Waals surface area contributed by atoms with Crippen LogP contribution in [0.5, 0.6) is 0 Å². The van der Waals surface area contributed by atoms with Gasteiger partial charge in [-0.3, -0.25) is 4.79 Å². The first-order valence-corrected chi connectivity index (χ1v) is 7.87. The summed E-state index contributed by atoms with van der Waals surface area (Å²) < 4.78 is 0. The van der Waals surface area contributed by atoms with Crippen molar-refractivity contribution in [3.05, 3.63) is 45.6 Å². The number of amides is 1. The smallest absolute Gasteiger partial charge is 0.230 e. The van der Waals surface area contributed by atoms with Gasteiger partial charge in [0.15, 0.2) is 0 Å². The fourth-order valence-electron chi connectivity index (χ4n) is 1.47. The maximum Gasteiger partial charge on any atom is 0.230 e. The average Bonchev–Trinajstić information content (AvgIpc) is 2.89. The van der Waals surface area contributed by atoms with Crippen LogP contribution in [0.15, 0.2) is 40.6 Å². The third-order valence-corrected chi connectivity index (χ3v) is 4.84. The van der Waals surface area contributed by atoms with Crippen molar-refractivity contribution in [3.63, 3.8) is 0 Å². The van der Waals surface area contributed by atoms with Crippen molar-refractivity contribution in [3.8, 4) is 0 Å². The zero-order valence-electron chi connectivity index (χ0n) is 10.1. The summed E-state index contributed by atoms with van der Waals surface area (Å²) >= 11 is 9.02. The highest BCUT2D eigenvalue weighted by atomic mass is 35.5. The SMILES string of the molecule is Nc1cccc(Cl)c1SCC(=O)NCc1cccs1. The van der Waals surface area contributed by atoms with Gasteiger partial charge in [-0.25, -0.2) is 0 Å². The van der Waals surface area contributed by atoms with Gasteiger partial charge in [0.25, 0.3) is 0 Å². The highest BCUT2D eigenvalue weighted by Gasteiger charge is 2.08. The number of thioether (sulfide) groups is 1. The van der Waals surface area contributed by atoms with Gasteiger partial charge in [0, 0.05) is 15.5 Å². The van der Waals surface area contributed by atoms with Gasteiger partial charge in [-0.1, -0.05) is 23.7 Å². The Balaban J connectivity index is 1.83. The van der Waals surface area contributed by atoms with E-state index in [9.17, 15) is 4.79 Å². The van der Waals surface area contributed by atoms with Crippen LogP contribution in [-0.4, -0.2) is 11.7 Å². The minimum Gasteiger partial charge on any atom is -0.398 e. The van der Waals surface area contributed by atoms with Crippen molar-refractivity contribution in [1.29, 1.82) is 0 Å². The third kappa shape index (κ3) is 4.16. The molecule has 1 aromatic carbocycles. The first-order chi connectivity index (χ1) is 9.16. The molecule has 3 N–H and O–H groups in total. The van der Waals surface area contributed by atoms with E-state index in [1.165, 1.54) is 11.8 Å². The monoisotopic (exact) mass is 312 g/mol. The summed E-state index contributed by atoms with van der Waals surface area (Å²) in [6.45, 7) is 0.565. The van der Waals surface area contributed by atoms with Crippen molar-refractivity contribution in [1.82, 2.24) is 5.32 Å². The largest absolute Gasteiger partial charge is 0.398 e. The molecule has 1 heterocycles.